The fourth-order valence-corrected chi connectivity index (χ4v) is 3.78. The molecule has 1 aliphatic heterocycles. The molecule has 0 radical (unpaired) electrons. The maximum Gasteiger partial charge on any atom is 0.315 e. The van der Waals surface area contributed by atoms with Crippen molar-refractivity contribution in [2.24, 2.45) is 5.73 Å². The van der Waals surface area contributed by atoms with Gasteiger partial charge >= 0.3 is 6.03 Å². The van der Waals surface area contributed by atoms with Gasteiger partial charge in [0, 0.05) is 18.2 Å². The lowest BCUT2D eigenvalue weighted by atomic mass is 9.96. The number of hydrogen-bond donors (Lipinski definition) is 3. The van der Waals surface area contributed by atoms with Crippen LogP contribution in [0.25, 0.3) is 0 Å². The van der Waals surface area contributed by atoms with Crippen LogP contribution in [0.1, 0.15) is 49.4 Å². The number of nitrogens with zero attached hydrogens (tertiary/aromatic N) is 1. The molecule has 2 aliphatic rings. The molecule has 1 heterocycles. The topological polar surface area (TPSA) is 79.6 Å². The van der Waals surface area contributed by atoms with Crippen LogP contribution in [-0.2, 0) is 6.54 Å². The van der Waals surface area contributed by atoms with Crippen molar-refractivity contribution in [3.8, 4) is 5.75 Å². The van der Waals surface area contributed by atoms with Crippen LogP contribution >= 0.6 is 0 Å². The molecular weight excluding hydrogens is 340 g/mol. The van der Waals surface area contributed by atoms with E-state index < -0.39 is 0 Å². The highest BCUT2D eigenvalue weighted by atomic mass is 16.7. The number of hydrogen-bond acceptors (Lipinski definition) is 4. The zero-order valence-electron chi connectivity index (χ0n) is 15.4. The van der Waals surface area contributed by atoms with E-state index in [2.05, 4.69) is 10.6 Å². The van der Waals surface area contributed by atoms with Crippen molar-refractivity contribution in [2.75, 3.05) is 5.06 Å². The Hall–Kier alpha value is -2.73. The summed E-state index contributed by atoms with van der Waals surface area (Å²) in [6.07, 6.45) is 5.48. The molecule has 1 aliphatic carbocycles. The highest BCUT2D eigenvalue weighted by Crippen LogP contribution is 2.37. The summed E-state index contributed by atoms with van der Waals surface area (Å²) in [6, 6.07) is 15.9. The summed E-state index contributed by atoms with van der Waals surface area (Å²) in [4.78, 5) is 18.0. The first-order chi connectivity index (χ1) is 13.2. The van der Waals surface area contributed by atoms with Gasteiger partial charge in [-0.2, -0.15) is 5.06 Å². The predicted molar refractivity (Wildman–Crippen MR) is 105 cm³/mol. The molecule has 2 aromatic rings. The van der Waals surface area contributed by atoms with Crippen LogP contribution in [0.3, 0.4) is 0 Å². The monoisotopic (exact) mass is 366 g/mol. The highest BCUT2D eigenvalue weighted by Gasteiger charge is 2.29. The lowest BCUT2D eigenvalue weighted by Crippen LogP contribution is -2.42. The average Bonchev–Trinajstić information content (AvgIpc) is 3.04. The molecule has 142 valence electrons. The number of para-hydroxylation sites is 1. The minimum Gasteiger partial charge on any atom is -0.377 e. The highest BCUT2D eigenvalue weighted by molar-refractivity contribution is 5.74. The SMILES string of the molecule is NC1c2ccccc2ON1c1cccc(CNC(=O)NC2CCCCC2)c1. The molecule has 6 nitrogen and oxygen atoms in total. The summed E-state index contributed by atoms with van der Waals surface area (Å²) < 4.78 is 0. The molecule has 2 aromatic carbocycles. The number of carbonyl (C=O) groups excluding carboxylic acids is 1. The molecule has 0 aromatic heterocycles. The molecule has 1 fully saturated rings. The summed E-state index contributed by atoms with van der Waals surface area (Å²) in [6.45, 7) is 0.461. The first-order valence-corrected chi connectivity index (χ1v) is 9.66. The number of nitrogens with two attached hydrogens (primary N) is 1. The van der Waals surface area contributed by atoms with Gasteiger partial charge in [0.2, 0.25) is 0 Å². The maximum atomic E-state index is 12.1. The number of benzene rings is 2. The molecule has 4 N–H and O–H groups in total. The maximum absolute atomic E-state index is 12.1. The van der Waals surface area contributed by atoms with Crippen molar-refractivity contribution >= 4 is 11.7 Å². The lowest BCUT2D eigenvalue weighted by molar-refractivity contribution is 0.232. The third kappa shape index (κ3) is 4.01. The zero-order valence-corrected chi connectivity index (χ0v) is 15.4. The van der Waals surface area contributed by atoms with Crippen molar-refractivity contribution in [3.63, 3.8) is 0 Å². The number of fused-ring (bicyclic) bond motifs is 1. The summed E-state index contributed by atoms with van der Waals surface area (Å²) >= 11 is 0. The minimum atomic E-state index is -0.348. The predicted octanol–water partition coefficient (Wildman–Crippen LogP) is 3.59. The Morgan fingerprint density at radius 1 is 1.11 bits per heavy atom. The van der Waals surface area contributed by atoms with Gasteiger partial charge in [-0.25, -0.2) is 4.79 Å². The molecule has 1 saturated carbocycles. The van der Waals surface area contributed by atoms with Gasteiger partial charge in [-0.05, 0) is 36.6 Å². The Bertz CT molecular complexity index is 804. The first-order valence-electron chi connectivity index (χ1n) is 9.66. The quantitative estimate of drug-likeness (QED) is 0.773. The third-order valence-electron chi connectivity index (χ3n) is 5.25. The largest absolute Gasteiger partial charge is 0.377 e. The van der Waals surface area contributed by atoms with Crippen molar-refractivity contribution < 1.29 is 9.63 Å². The molecule has 0 spiro atoms. The number of nitrogens with one attached hydrogen (secondary N) is 2. The molecule has 1 unspecified atom stereocenters. The molecule has 0 bridgehead atoms. The second-order valence-electron chi connectivity index (χ2n) is 7.23. The fraction of sp³-hybridized carbons (Fsp3) is 0.381. The Labute approximate surface area is 159 Å². The third-order valence-corrected chi connectivity index (χ3v) is 5.25. The van der Waals surface area contributed by atoms with Gasteiger partial charge < -0.3 is 21.2 Å². The molecule has 0 saturated heterocycles. The second kappa shape index (κ2) is 7.88. The summed E-state index contributed by atoms with van der Waals surface area (Å²) in [5, 5.41) is 7.73. The molecule has 4 rings (SSSR count). The van der Waals surface area contributed by atoms with Crippen LogP contribution < -0.4 is 26.3 Å². The molecule has 2 amide bonds. The second-order valence-corrected chi connectivity index (χ2v) is 7.23. The van der Waals surface area contributed by atoms with Crippen molar-refractivity contribution in [3.05, 3.63) is 59.7 Å². The Morgan fingerprint density at radius 3 is 2.74 bits per heavy atom. The van der Waals surface area contributed by atoms with Gasteiger partial charge in [0.15, 0.2) is 5.75 Å². The van der Waals surface area contributed by atoms with Crippen molar-refractivity contribution in [2.45, 2.75) is 50.9 Å². The number of amides is 2. The van der Waals surface area contributed by atoms with Crippen LogP contribution in [-0.4, -0.2) is 12.1 Å². The Morgan fingerprint density at radius 2 is 1.93 bits per heavy atom. The van der Waals surface area contributed by atoms with E-state index in [9.17, 15) is 4.79 Å². The van der Waals surface area contributed by atoms with Crippen LogP contribution in [0.5, 0.6) is 5.75 Å². The van der Waals surface area contributed by atoms with E-state index in [0.717, 1.165) is 35.4 Å². The van der Waals surface area contributed by atoms with E-state index in [-0.39, 0.29) is 12.2 Å². The first kappa shape index (κ1) is 17.7. The van der Waals surface area contributed by atoms with Gasteiger partial charge in [0.25, 0.3) is 0 Å². The van der Waals surface area contributed by atoms with E-state index in [0.29, 0.717) is 12.6 Å². The normalized spacial score (nSPS) is 19.3. The van der Waals surface area contributed by atoms with E-state index in [4.69, 9.17) is 10.6 Å². The number of carbonyl (C=O) groups is 1. The average molecular weight is 366 g/mol. The molecule has 27 heavy (non-hydrogen) atoms. The van der Waals surface area contributed by atoms with Crippen LogP contribution in [0.15, 0.2) is 48.5 Å². The fourth-order valence-electron chi connectivity index (χ4n) is 3.78. The van der Waals surface area contributed by atoms with Crippen LogP contribution in [0.4, 0.5) is 10.5 Å². The molecule has 1 atom stereocenters. The smallest absolute Gasteiger partial charge is 0.315 e. The van der Waals surface area contributed by atoms with Crippen molar-refractivity contribution in [1.29, 1.82) is 0 Å². The lowest BCUT2D eigenvalue weighted by Gasteiger charge is -2.23. The summed E-state index contributed by atoms with van der Waals surface area (Å²) in [5.74, 6) is 0.778. The van der Waals surface area contributed by atoms with E-state index in [1.807, 2.05) is 48.5 Å². The Kier molecular flexibility index (Phi) is 5.16. The minimum absolute atomic E-state index is 0.103. The molecule has 6 heteroatoms. The summed E-state index contributed by atoms with van der Waals surface area (Å²) in [7, 11) is 0. The summed E-state index contributed by atoms with van der Waals surface area (Å²) in [5.41, 5.74) is 9.15. The van der Waals surface area contributed by atoms with E-state index in [1.54, 1.807) is 5.06 Å². The zero-order chi connectivity index (χ0) is 18.6. The number of rotatable bonds is 4. The van der Waals surface area contributed by atoms with Gasteiger partial charge in [-0.15, -0.1) is 0 Å². The molecular formula is C21H26N4O2. The van der Waals surface area contributed by atoms with E-state index >= 15 is 0 Å². The number of hydroxylamine groups is 1. The van der Waals surface area contributed by atoms with Crippen LogP contribution in [0, 0.1) is 0 Å². The van der Waals surface area contributed by atoms with Crippen LogP contribution in [0.2, 0.25) is 0 Å². The van der Waals surface area contributed by atoms with Crippen molar-refractivity contribution in [1.82, 2.24) is 10.6 Å². The van der Waals surface area contributed by atoms with E-state index in [1.165, 1.54) is 19.3 Å². The Balaban J connectivity index is 1.36. The van der Waals surface area contributed by atoms with Gasteiger partial charge in [-0.1, -0.05) is 49.6 Å². The number of urea groups is 1. The van der Waals surface area contributed by atoms with Gasteiger partial charge in [-0.3, -0.25) is 0 Å². The van der Waals surface area contributed by atoms with Gasteiger partial charge in [0.1, 0.15) is 6.17 Å². The number of anilines is 1. The standard InChI is InChI=1S/C21H26N4O2/c22-20-18-11-4-5-12-19(18)27-25(20)17-10-6-7-15(13-17)14-23-21(26)24-16-8-2-1-3-9-16/h4-7,10-13,16,20H,1-3,8-9,14,22H2,(H2,23,24,26). The van der Waals surface area contributed by atoms with Gasteiger partial charge in [0.05, 0.1) is 5.69 Å².